The van der Waals surface area contributed by atoms with Crippen LogP contribution in [0, 0.1) is 0 Å². The average molecular weight is 510 g/mol. The lowest BCUT2D eigenvalue weighted by Gasteiger charge is -2.12. The van der Waals surface area contributed by atoms with Crippen molar-refractivity contribution in [2.75, 3.05) is 33.0 Å². The maximum Gasteiger partial charge on any atom is 0.321 e. The van der Waals surface area contributed by atoms with Crippen molar-refractivity contribution in [1.29, 1.82) is 0 Å². The topological polar surface area (TPSA) is 111 Å². The maximum atomic E-state index is 12.0. The highest BCUT2D eigenvalue weighted by molar-refractivity contribution is 5.99. The van der Waals surface area contributed by atoms with Crippen molar-refractivity contribution in [3.63, 3.8) is 0 Å². The number of hydrogen-bond acceptors (Lipinski definition) is 5. The fraction of sp³-hybridized carbons (Fsp3) is 0.207. The Morgan fingerprint density at radius 1 is 1.05 bits per heavy atom. The standard InChI is InChI=1S/C29H31N7O2/c1-30-13-14-36-17-25(27(34-36)20-7-9-22(10-8-20)32-29(38)35(2)3)23-11-12-31-28-24(23)16-26(33-28)21-6-4-5-19(15-21)18-37/h4-12,15-17,30,37H,13-14,18H2,1-3H3,(H,31,33)(H,32,38). The molecule has 5 rings (SSSR count). The number of hydrogen-bond donors (Lipinski definition) is 4. The Balaban J connectivity index is 1.58. The Morgan fingerprint density at radius 3 is 2.61 bits per heavy atom. The molecule has 0 aliphatic rings. The summed E-state index contributed by atoms with van der Waals surface area (Å²) in [5.74, 6) is 0. The molecule has 4 N–H and O–H groups in total. The van der Waals surface area contributed by atoms with Crippen molar-refractivity contribution in [2.45, 2.75) is 13.2 Å². The lowest BCUT2D eigenvalue weighted by atomic mass is 10.00. The van der Waals surface area contributed by atoms with Crippen molar-refractivity contribution < 1.29 is 9.90 Å². The third kappa shape index (κ3) is 5.15. The van der Waals surface area contributed by atoms with E-state index in [0.717, 1.165) is 69.0 Å². The minimum atomic E-state index is -0.179. The Bertz CT molecular complexity index is 1570. The second-order valence-corrected chi connectivity index (χ2v) is 9.32. The van der Waals surface area contributed by atoms with Gasteiger partial charge in [0, 0.05) is 60.9 Å². The number of nitrogens with zero attached hydrogens (tertiary/aromatic N) is 4. The largest absolute Gasteiger partial charge is 0.392 e. The summed E-state index contributed by atoms with van der Waals surface area (Å²) in [6, 6.07) is 19.5. The zero-order valence-corrected chi connectivity index (χ0v) is 21.7. The number of carbonyl (C=O) groups is 1. The fourth-order valence-electron chi connectivity index (χ4n) is 4.37. The number of likely N-dealkylation sites (N-methyl/N-ethyl adjacent to an activating group) is 1. The normalized spacial score (nSPS) is 11.2. The van der Waals surface area contributed by atoms with Crippen molar-refractivity contribution >= 4 is 22.8 Å². The number of rotatable bonds is 8. The van der Waals surface area contributed by atoms with Gasteiger partial charge >= 0.3 is 6.03 Å². The summed E-state index contributed by atoms with van der Waals surface area (Å²) in [6.07, 6.45) is 3.87. The van der Waals surface area contributed by atoms with Crippen LogP contribution in [0.1, 0.15) is 5.56 Å². The number of benzene rings is 2. The van der Waals surface area contributed by atoms with E-state index < -0.39 is 0 Å². The molecule has 3 aromatic heterocycles. The highest BCUT2D eigenvalue weighted by atomic mass is 16.3. The first-order chi connectivity index (χ1) is 18.5. The van der Waals surface area contributed by atoms with Gasteiger partial charge in [-0.05, 0) is 54.1 Å². The van der Waals surface area contributed by atoms with E-state index in [4.69, 9.17) is 5.10 Å². The molecule has 0 saturated carbocycles. The molecular weight excluding hydrogens is 478 g/mol. The van der Waals surface area contributed by atoms with Crippen LogP contribution < -0.4 is 10.6 Å². The number of fused-ring (bicyclic) bond motifs is 1. The van der Waals surface area contributed by atoms with Crippen LogP contribution in [-0.2, 0) is 13.2 Å². The molecular formula is C29H31N7O2. The van der Waals surface area contributed by atoms with E-state index in [1.807, 2.05) is 66.3 Å². The van der Waals surface area contributed by atoms with Gasteiger partial charge in [-0.3, -0.25) is 4.68 Å². The van der Waals surface area contributed by atoms with E-state index >= 15 is 0 Å². The number of nitrogens with one attached hydrogen (secondary N) is 3. The number of anilines is 1. The van der Waals surface area contributed by atoms with Gasteiger partial charge in [0.15, 0.2) is 0 Å². The molecule has 5 aromatic rings. The Morgan fingerprint density at radius 2 is 1.87 bits per heavy atom. The lowest BCUT2D eigenvalue weighted by molar-refractivity contribution is 0.230. The summed E-state index contributed by atoms with van der Waals surface area (Å²) in [6.45, 7) is 1.50. The van der Waals surface area contributed by atoms with E-state index in [2.05, 4.69) is 32.9 Å². The number of aliphatic hydroxyl groups is 1. The number of pyridine rings is 1. The molecule has 3 heterocycles. The monoisotopic (exact) mass is 509 g/mol. The van der Waals surface area contributed by atoms with Crippen molar-refractivity contribution in [3.05, 3.63) is 78.6 Å². The number of aromatic amines is 1. The Hall–Kier alpha value is -4.47. The maximum absolute atomic E-state index is 12.0. The lowest BCUT2D eigenvalue weighted by Crippen LogP contribution is -2.27. The number of H-pyrrole nitrogens is 1. The van der Waals surface area contributed by atoms with Crippen LogP contribution in [0.25, 0.3) is 44.7 Å². The zero-order valence-electron chi connectivity index (χ0n) is 21.7. The molecule has 0 unspecified atom stereocenters. The van der Waals surface area contributed by atoms with Crippen LogP contribution in [0.15, 0.2) is 73.1 Å². The summed E-state index contributed by atoms with van der Waals surface area (Å²) < 4.78 is 1.95. The molecule has 0 aliphatic carbocycles. The van der Waals surface area contributed by atoms with E-state index in [9.17, 15) is 9.90 Å². The molecule has 0 atom stereocenters. The molecule has 194 valence electrons. The van der Waals surface area contributed by atoms with Crippen LogP contribution in [0.3, 0.4) is 0 Å². The first-order valence-electron chi connectivity index (χ1n) is 12.5. The first kappa shape index (κ1) is 25.2. The zero-order chi connectivity index (χ0) is 26.6. The minimum absolute atomic E-state index is 0.00958. The minimum Gasteiger partial charge on any atom is -0.392 e. The van der Waals surface area contributed by atoms with Gasteiger partial charge in [0.1, 0.15) is 11.3 Å². The van der Waals surface area contributed by atoms with Crippen LogP contribution in [0.4, 0.5) is 10.5 Å². The number of urea groups is 1. The summed E-state index contributed by atoms with van der Waals surface area (Å²) in [5.41, 5.74) is 8.08. The van der Waals surface area contributed by atoms with Gasteiger partial charge in [0.2, 0.25) is 0 Å². The number of aliphatic hydroxyl groups excluding tert-OH is 1. The molecule has 0 aliphatic heterocycles. The second-order valence-electron chi connectivity index (χ2n) is 9.32. The van der Waals surface area contributed by atoms with E-state index in [1.54, 1.807) is 20.3 Å². The molecule has 38 heavy (non-hydrogen) atoms. The van der Waals surface area contributed by atoms with Gasteiger partial charge in [-0.15, -0.1) is 0 Å². The van der Waals surface area contributed by atoms with Crippen molar-refractivity contribution in [1.82, 2.24) is 30.0 Å². The highest BCUT2D eigenvalue weighted by Gasteiger charge is 2.18. The molecule has 0 radical (unpaired) electrons. The van der Waals surface area contributed by atoms with Crippen LogP contribution in [-0.4, -0.2) is 63.5 Å². The van der Waals surface area contributed by atoms with Gasteiger partial charge in [-0.1, -0.05) is 30.3 Å². The summed E-state index contributed by atoms with van der Waals surface area (Å²) in [4.78, 5) is 21.6. The second kappa shape index (κ2) is 10.9. The summed E-state index contributed by atoms with van der Waals surface area (Å²) in [7, 11) is 5.34. The quantitative estimate of drug-likeness (QED) is 0.245. The predicted octanol–water partition coefficient (Wildman–Crippen LogP) is 4.57. The van der Waals surface area contributed by atoms with Gasteiger partial charge in [-0.25, -0.2) is 9.78 Å². The third-order valence-electron chi connectivity index (χ3n) is 6.41. The highest BCUT2D eigenvalue weighted by Crippen LogP contribution is 2.37. The summed E-state index contributed by atoms with van der Waals surface area (Å²) >= 11 is 0. The van der Waals surface area contributed by atoms with E-state index in [0.29, 0.717) is 0 Å². The molecule has 2 amide bonds. The molecule has 0 saturated heterocycles. The predicted molar refractivity (Wildman–Crippen MR) is 151 cm³/mol. The fourth-order valence-corrected chi connectivity index (χ4v) is 4.37. The van der Waals surface area contributed by atoms with E-state index in [1.165, 1.54) is 4.90 Å². The molecule has 0 bridgehead atoms. The number of amides is 2. The van der Waals surface area contributed by atoms with E-state index in [-0.39, 0.29) is 12.6 Å². The van der Waals surface area contributed by atoms with Gasteiger partial charge in [-0.2, -0.15) is 5.10 Å². The smallest absolute Gasteiger partial charge is 0.321 e. The van der Waals surface area contributed by atoms with Crippen molar-refractivity contribution in [3.8, 4) is 33.6 Å². The van der Waals surface area contributed by atoms with Crippen LogP contribution >= 0.6 is 0 Å². The average Bonchev–Trinajstić information content (AvgIpc) is 3.57. The summed E-state index contributed by atoms with van der Waals surface area (Å²) in [5, 5.41) is 21.5. The van der Waals surface area contributed by atoms with Gasteiger partial charge in [0.25, 0.3) is 0 Å². The van der Waals surface area contributed by atoms with Crippen LogP contribution in [0.2, 0.25) is 0 Å². The Labute approximate surface area is 221 Å². The van der Waals surface area contributed by atoms with Gasteiger partial charge in [0.05, 0.1) is 13.2 Å². The third-order valence-corrected chi connectivity index (χ3v) is 6.41. The van der Waals surface area contributed by atoms with Crippen molar-refractivity contribution in [2.24, 2.45) is 0 Å². The van der Waals surface area contributed by atoms with Gasteiger partial charge < -0.3 is 25.6 Å². The molecule has 0 fully saturated rings. The SMILES string of the molecule is CNCCn1cc(-c2ccnc3[nH]c(-c4cccc(CO)c4)cc23)c(-c2ccc(NC(=O)N(C)C)cc2)n1. The molecule has 2 aromatic carbocycles. The first-order valence-corrected chi connectivity index (χ1v) is 12.5. The Kier molecular flexibility index (Phi) is 7.21. The number of carbonyl (C=O) groups excluding carboxylic acids is 1. The molecule has 9 nitrogen and oxygen atoms in total. The van der Waals surface area contributed by atoms with Crippen LogP contribution in [0.5, 0.6) is 0 Å². The number of aromatic nitrogens is 4. The molecule has 0 spiro atoms. The molecule has 9 heteroatoms.